The fourth-order valence-corrected chi connectivity index (χ4v) is 2.81. The van der Waals surface area contributed by atoms with Gasteiger partial charge in [-0.25, -0.2) is 8.42 Å². The van der Waals surface area contributed by atoms with Crippen molar-refractivity contribution in [2.45, 2.75) is 18.2 Å². The molecule has 0 aliphatic heterocycles. The van der Waals surface area contributed by atoms with Crippen molar-refractivity contribution in [3.05, 3.63) is 29.8 Å². The summed E-state index contributed by atoms with van der Waals surface area (Å²) in [5.41, 5.74) is 0.623. The molecule has 128 valence electrons. The number of aliphatic carboxylic acids is 1. The maximum Gasteiger partial charge on any atom is 0.323 e. The largest absolute Gasteiger partial charge is 0.480 e. The predicted molar refractivity (Wildman–Crippen MR) is 84.0 cm³/mol. The van der Waals surface area contributed by atoms with Crippen LogP contribution in [0.3, 0.4) is 0 Å². The second kappa shape index (κ2) is 8.64. The summed E-state index contributed by atoms with van der Waals surface area (Å²) in [5, 5.41) is 8.85. The van der Waals surface area contributed by atoms with Gasteiger partial charge in [-0.3, -0.25) is 9.59 Å². The van der Waals surface area contributed by atoms with E-state index >= 15 is 0 Å². The topological polar surface area (TPSA) is 101 Å². The Morgan fingerprint density at radius 3 is 2.30 bits per heavy atom. The number of nitrogens with zero attached hydrogens (tertiary/aromatic N) is 1. The van der Waals surface area contributed by atoms with Crippen LogP contribution in [0.1, 0.15) is 12.5 Å². The van der Waals surface area contributed by atoms with E-state index in [1.807, 2.05) is 0 Å². The van der Waals surface area contributed by atoms with Crippen LogP contribution in [0.25, 0.3) is 0 Å². The van der Waals surface area contributed by atoms with Gasteiger partial charge in [-0.15, -0.1) is 0 Å². The summed E-state index contributed by atoms with van der Waals surface area (Å²) in [6.07, 6.45) is 0.00342. The Morgan fingerprint density at radius 2 is 1.83 bits per heavy atom. The number of carboxylic acids is 1. The van der Waals surface area contributed by atoms with Gasteiger partial charge in [0.25, 0.3) is 0 Å². The number of methoxy groups -OCH3 is 1. The predicted octanol–water partition coefficient (Wildman–Crippen LogP) is 0.582. The standard InChI is InChI=1S/C15H21NO6S/c1-3-23(20,21)13-6-4-12(5-7-13)10-14(17)16(8-9-22-2)11-15(18)19/h4-7H,3,8-11H2,1-2H3,(H,18,19). The molecule has 7 nitrogen and oxygen atoms in total. The minimum absolute atomic E-state index is 0.00342. The van der Waals surface area contributed by atoms with Gasteiger partial charge in [-0.1, -0.05) is 19.1 Å². The molecule has 0 unspecified atom stereocenters. The van der Waals surface area contributed by atoms with Gasteiger partial charge in [-0.2, -0.15) is 0 Å². The van der Waals surface area contributed by atoms with E-state index in [0.29, 0.717) is 5.56 Å². The summed E-state index contributed by atoms with van der Waals surface area (Å²) in [6, 6.07) is 6.04. The number of carboxylic acid groups (broad SMARTS) is 1. The molecule has 1 N–H and O–H groups in total. The summed E-state index contributed by atoms with van der Waals surface area (Å²) in [4.78, 5) is 24.4. The van der Waals surface area contributed by atoms with Crippen LogP contribution in [0.2, 0.25) is 0 Å². The minimum atomic E-state index is -3.28. The SMILES string of the molecule is CCS(=O)(=O)c1ccc(CC(=O)N(CCOC)CC(=O)O)cc1. The highest BCUT2D eigenvalue weighted by atomic mass is 32.2. The second-order valence-corrected chi connectivity index (χ2v) is 7.20. The van der Waals surface area contributed by atoms with Crippen molar-refractivity contribution >= 4 is 21.7 Å². The average Bonchev–Trinajstić information content (AvgIpc) is 2.51. The van der Waals surface area contributed by atoms with Crippen LogP contribution < -0.4 is 0 Å². The first-order valence-electron chi connectivity index (χ1n) is 7.10. The fraction of sp³-hybridized carbons (Fsp3) is 0.467. The average molecular weight is 343 g/mol. The number of hydrogen-bond donors (Lipinski definition) is 1. The van der Waals surface area contributed by atoms with Gasteiger partial charge in [0, 0.05) is 13.7 Å². The Labute approximate surface area is 135 Å². The van der Waals surface area contributed by atoms with Gasteiger partial charge < -0.3 is 14.7 Å². The molecule has 1 aromatic rings. The van der Waals surface area contributed by atoms with Crippen LogP contribution in [0.5, 0.6) is 0 Å². The van der Waals surface area contributed by atoms with Crippen LogP contribution >= 0.6 is 0 Å². The Hall–Kier alpha value is -1.93. The number of sulfone groups is 1. The zero-order chi connectivity index (χ0) is 17.5. The van der Waals surface area contributed by atoms with E-state index in [4.69, 9.17) is 9.84 Å². The smallest absolute Gasteiger partial charge is 0.323 e. The molecule has 0 aliphatic rings. The van der Waals surface area contributed by atoms with Gasteiger partial charge in [0.15, 0.2) is 9.84 Å². The zero-order valence-corrected chi connectivity index (χ0v) is 14.0. The van der Waals surface area contributed by atoms with E-state index in [9.17, 15) is 18.0 Å². The number of carbonyl (C=O) groups excluding carboxylic acids is 1. The van der Waals surface area contributed by atoms with E-state index in [0.717, 1.165) is 0 Å². The molecule has 0 saturated heterocycles. The summed E-state index contributed by atoms with van der Waals surface area (Å²) in [5.74, 6) is -1.44. The Balaban J connectivity index is 2.80. The van der Waals surface area contributed by atoms with E-state index in [1.54, 1.807) is 19.1 Å². The fourth-order valence-electron chi connectivity index (χ4n) is 1.92. The molecule has 0 atom stereocenters. The first-order valence-corrected chi connectivity index (χ1v) is 8.75. The Bertz CT molecular complexity index is 638. The lowest BCUT2D eigenvalue weighted by atomic mass is 10.1. The first-order chi connectivity index (χ1) is 10.8. The van der Waals surface area contributed by atoms with Crippen LogP contribution in [0, 0.1) is 0 Å². The molecule has 8 heteroatoms. The first kappa shape index (κ1) is 19.1. The van der Waals surface area contributed by atoms with Crippen molar-refractivity contribution in [3.8, 4) is 0 Å². The number of amides is 1. The maximum absolute atomic E-state index is 12.2. The van der Waals surface area contributed by atoms with Crippen molar-refractivity contribution in [3.63, 3.8) is 0 Å². The van der Waals surface area contributed by atoms with Gasteiger partial charge in [-0.05, 0) is 17.7 Å². The number of rotatable bonds is 9. The van der Waals surface area contributed by atoms with E-state index in [1.165, 1.54) is 24.1 Å². The molecule has 0 spiro atoms. The molecular formula is C15H21NO6S. The van der Waals surface area contributed by atoms with Crippen molar-refractivity contribution in [2.24, 2.45) is 0 Å². The van der Waals surface area contributed by atoms with E-state index in [-0.39, 0.29) is 36.1 Å². The van der Waals surface area contributed by atoms with Crippen LogP contribution in [-0.4, -0.2) is 62.9 Å². The van der Waals surface area contributed by atoms with E-state index in [2.05, 4.69) is 0 Å². The molecule has 1 rings (SSSR count). The Kier molecular flexibility index (Phi) is 7.18. The van der Waals surface area contributed by atoms with Gasteiger partial charge >= 0.3 is 5.97 Å². The van der Waals surface area contributed by atoms with Gasteiger partial charge in [0.1, 0.15) is 6.54 Å². The zero-order valence-electron chi connectivity index (χ0n) is 13.2. The third kappa shape index (κ3) is 5.99. The number of benzene rings is 1. The van der Waals surface area contributed by atoms with Crippen LogP contribution in [0.4, 0.5) is 0 Å². The lowest BCUT2D eigenvalue weighted by Crippen LogP contribution is -2.38. The molecule has 0 aliphatic carbocycles. The molecular weight excluding hydrogens is 322 g/mol. The molecule has 0 radical (unpaired) electrons. The third-order valence-corrected chi connectivity index (χ3v) is 5.01. The van der Waals surface area contributed by atoms with Gasteiger partial charge in [0.05, 0.1) is 23.7 Å². The highest BCUT2D eigenvalue weighted by molar-refractivity contribution is 7.91. The molecule has 0 aromatic heterocycles. The molecule has 0 saturated carbocycles. The minimum Gasteiger partial charge on any atom is -0.480 e. The molecule has 23 heavy (non-hydrogen) atoms. The molecule has 0 bridgehead atoms. The summed E-state index contributed by atoms with van der Waals surface area (Å²) >= 11 is 0. The van der Waals surface area contributed by atoms with Crippen molar-refractivity contribution in [1.82, 2.24) is 4.90 Å². The molecule has 0 fully saturated rings. The van der Waals surface area contributed by atoms with Crippen molar-refractivity contribution in [2.75, 3.05) is 32.6 Å². The molecule has 1 amide bonds. The highest BCUT2D eigenvalue weighted by Crippen LogP contribution is 2.13. The number of carbonyl (C=O) groups is 2. The molecule has 1 aromatic carbocycles. The number of hydrogen-bond acceptors (Lipinski definition) is 5. The summed E-state index contributed by atoms with van der Waals surface area (Å²) < 4.78 is 28.3. The Morgan fingerprint density at radius 1 is 1.22 bits per heavy atom. The monoisotopic (exact) mass is 343 g/mol. The van der Waals surface area contributed by atoms with Crippen molar-refractivity contribution < 1.29 is 27.9 Å². The second-order valence-electron chi connectivity index (χ2n) is 4.93. The van der Waals surface area contributed by atoms with E-state index < -0.39 is 22.4 Å². The van der Waals surface area contributed by atoms with Crippen LogP contribution in [-0.2, 0) is 30.6 Å². The molecule has 0 heterocycles. The summed E-state index contributed by atoms with van der Waals surface area (Å²) in [7, 11) is -1.81. The van der Waals surface area contributed by atoms with Crippen LogP contribution in [0.15, 0.2) is 29.2 Å². The van der Waals surface area contributed by atoms with Gasteiger partial charge in [0.2, 0.25) is 5.91 Å². The summed E-state index contributed by atoms with van der Waals surface area (Å²) in [6.45, 7) is 1.59. The third-order valence-electron chi connectivity index (χ3n) is 3.26. The maximum atomic E-state index is 12.2. The number of ether oxygens (including phenoxy) is 1. The lowest BCUT2D eigenvalue weighted by Gasteiger charge is -2.20. The quantitative estimate of drug-likeness (QED) is 0.704. The van der Waals surface area contributed by atoms with Crippen molar-refractivity contribution in [1.29, 1.82) is 0 Å². The lowest BCUT2D eigenvalue weighted by molar-refractivity contribution is -0.144. The highest BCUT2D eigenvalue weighted by Gasteiger charge is 2.17. The normalized spacial score (nSPS) is 11.2.